The number of benzene rings is 2. The number of aryl methyl sites for hydroxylation is 2. The van der Waals surface area contributed by atoms with Crippen LogP contribution in [0, 0.1) is 13.8 Å². The summed E-state index contributed by atoms with van der Waals surface area (Å²) in [6, 6.07) is 14.5. The van der Waals surface area contributed by atoms with Gasteiger partial charge >= 0.3 is 5.97 Å². The highest BCUT2D eigenvalue weighted by molar-refractivity contribution is 5.94. The van der Waals surface area contributed by atoms with Gasteiger partial charge in [-0.2, -0.15) is 0 Å². The Kier molecular flexibility index (Phi) is 5.03. The first-order chi connectivity index (χ1) is 12.8. The molecule has 0 fully saturated rings. The van der Waals surface area contributed by atoms with Gasteiger partial charge in [-0.05, 0) is 55.2 Å². The van der Waals surface area contributed by atoms with E-state index in [1.165, 1.54) is 0 Å². The third kappa shape index (κ3) is 4.03. The Morgan fingerprint density at radius 1 is 1.07 bits per heavy atom. The van der Waals surface area contributed by atoms with E-state index < -0.39 is 11.9 Å². The van der Waals surface area contributed by atoms with Gasteiger partial charge in [0.05, 0.1) is 11.3 Å². The second-order valence-corrected chi connectivity index (χ2v) is 6.60. The van der Waals surface area contributed by atoms with Gasteiger partial charge in [-0.1, -0.05) is 35.9 Å². The van der Waals surface area contributed by atoms with Gasteiger partial charge in [0.15, 0.2) is 0 Å². The Hall–Kier alpha value is -3.47. The van der Waals surface area contributed by atoms with Crippen LogP contribution in [0.2, 0.25) is 0 Å². The highest BCUT2D eigenvalue weighted by atomic mass is 16.4. The Morgan fingerprint density at radius 3 is 2.52 bits per heavy atom. The van der Waals surface area contributed by atoms with E-state index in [2.05, 4.69) is 4.98 Å². The lowest BCUT2D eigenvalue weighted by Crippen LogP contribution is -2.10. The summed E-state index contributed by atoms with van der Waals surface area (Å²) in [4.78, 5) is 27.4. The molecule has 136 valence electrons. The van der Waals surface area contributed by atoms with Gasteiger partial charge in [0.2, 0.25) is 5.91 Å². The number of carbonyl (C=O) groups excluding carboxylic acids is 1. The Balaban J connectivity index is 1.93. The van der Waals surface area contributed by atoms with Gasteiger partial charge in [0, 0.05) is 17.3 Å². The van der Waals surface area contributed by atoms with Crippen LogP contribution in [0.15, 0.2) is 54.7 Å². The topological polar surface area (TPSA) is 93.3 Å². The van der Waals surface area contributed by atoms with Gasteiger partial charge in [0.1, 0.15) is 0 Å². The molecular formula is C22H20N2O3. The maximum atomic E-state index is 11.5. The lowest BCUT2D eigenvalue weighted by molar-refractivity contribution is 0.0695. The van der Waals surface area contributed by atoms with Gasteiger partial charge in [-0.3, -0.25) is 9.78 Å². The van der Waals surface area contributed by atoms with Crippen molar-refractivity contribution in [1.29, 1.82) is 0 Å². The molecule has 0 saturated carbocycles. The number of carboxylic acids is 1. The standard InChI is InChI=1S/C22H20N2O3/c1-13-6-7-16(19(8-13)22(26)27)10-15-9-14(2)20(24-12-15)17-4-3-5-18(11-17)21(23)25/h3-9,11-12H,10H2,1-2H3,(H2,23,25)(H,26,27). The number of rotatable bonds is 5. The van der Waals surface area contributed by atoms with E-state index in [0.717, 1.165) is 33.5 Å². The molecule has 3 N–H and O–H groups in total. The number of aromatic nitrogens is 1. The van der Waals surface area contributed by atoms with Crippen LogP contribution in [0.1, 0.15) is 43.0 Å². The number of pyridine rings is 1. The summed E-state index contributed by atoms with van der Waals surface area (Å²) in [5, 5.41) is 9.43. The second-order valence-electron chi connectivity index (χ2n) is 6.60. The van der Waals surface area contributed by atoms with Crippen molar-refractivity contribution in [2.45, 2.75) is 20.3 Å². The first-order valence-corrected chi connectivity index (χ1v) is 8.53. The molecule has 1 aromatic heterocycles. The molecule has 5 heteroatoms. The third-order valence-electron chi connectivity index (χ3n) is 4.45. The van der Waals surface area contributed by atoms with Gasteiger partial charge < -0.3 is 10.8 Å². The predicted octanol–water partition coefficient (Wildman–Crippen LogP) is 3.75. The van der Waals surface area contributed by atoms with Crippen molar-refractivity contribution >= 4 is 11.9 Å². The van der Waals surface area contributed by atoms with E-state index in [0.29, 0.717) is 17.5 Å². The monoisotopic (exact) mass is 360 g/mol. The molecule has 0 unspecified atom stereocenters. The molecule has 0 aliphatic carbocycles. The zero-order valence-corrected chi connectivity index (χ0v) is 15.2. The number of primary amides is 1. The van der Waals surface area contributed by atoms with Crippen LogP contribution in [0.5, 0.6) is 0 Å². The Bertz CT molecular complexity index is 1040. The fourth-order valence-corrected chi connectivity index (χ4v) is 3.12. The predicted molar refractivity (Wildman–Crippen MR) is 104 cm³/mol. The third-order valence-corrected chi connectivity index (χ3v) is 4.45. The number of amides is 1. The highest BCUT2D eigenvalue weighted by Gasteiger charge is 2.12. The smallest absolute Gasteiger partial charge is 0.335 e. The number of carbonyl (C=O) groups is 2. The van der Waals surface area contributed by atoms with Crippen molar-refractivity contribution in [1.82, 2.24) is 4.98 Å². The van der Waals surface area contributed by atoms with E-state index in [1.807, 2.05) is 38.1 Å². The average molecular weight is 360 g/mol. The van der Waals surface area contributed by atoms with Crippen molar-refractivity contribution in [2.24, 2.45) is 5.73 Å². The molecule has 0 saturated heterocycles. The average Bonchev–Trinajstić information content (AvgIpc) is 2.63. The Labute approximate surface area is 157 Å². The molecule has 3 rings (SSSR count). The van der Waals surface area contributed by atoms with E-state index in [-0.39, 0.29) is 0 Å². The number of hydrogen-bond acceptors (Lipinski definition) is 3. The number of nitrogens with zero attached hydrogens (tertiary/aromatic N) is 1. The summed E-state index contributed by atoms with van der Waals surface area (Å²) in [5.41, 5.74) is 11.2. The van der Waals surface area contributed by atoms with Crippen LogP contribution in [-0.4, -0.2) is 22.0 Å². The normalized spacial score (nSPS) is 10.6. The molecule has 1 amide bonds. The zero-order valence-electron chi connectivity index (χ0n) is 15.2. The van der Waals surface area contributed by atoms with Crippen LogP contribution >= 0.6 is 0 Å². The SMILES string of the molecule is Cc1ccc(Cc2cnc(-c3cccc(C(N)=O)c3)c(C)c2)c(C(=O)O)c1. The van der Waals surface area contributed by atoms with Gasteiger partial charge in [0.25, 0.3) is 0 Å². The molecule has 0 aliphatic rings. The molecule has 1 heterocycles. The summed E-state index contributed by atoms with van der Waals surface area (Å²) < 4.78 is 0. The van der Waals surface area contributed by atoms with Crippen molar-refractivity contribution in [3.05, 3.63) is 88.1 Å². The van der Waals surface area contributed by atoms with Crippen molar-refractivity contribution in [3.63, 3.8) is 0 Å². The molecule has 0 aliphatic heterocycles. The summed E-state index contributed by atoms with van der Waals surface area (Å²) in [7, 11) is 0. The molecule has 2 aromatic carbocycles. The maximum Gasteiger partial charge on any atom is 0.335 e. The minimum atomic E-state index is -0.932. The van der Waals surface area contributed by atoms with Crippen LogP contribution in [0.4, 0.5) is 0 Å². The van der Waals surface area contributed by atoms with Crippen LogP contribution in [-0.2, 0) is 6.42 Å². The minimum Gasteiger partial charge on any atom is -0.478 e. The molecule has 5 nitrogen and oxygen atoms in total. The first-order valence-electron chi connectivity index (χ1n) is 8.53. The molecular weight excluding hydrogens is 340 g/mol. The molecule has 27 heavy (non-hydrogen) atoms. The lowest BCUT2D eigenvalue weighted by Gasteiger charge is -2.11. The van der Waals surface area contributed by atoms with E-state index >= 15 is 0 Å². The molecule has 0 atom stereocenters. The van der Waals surface area contributed by atoms with E-state index in [9.17, 15) is 14.7 Å². The summed E-state index contributed by atoms with van der Waals surface area (Å²) >= 11 is 0. The summed E-state index contributed by atoms with van der Waals surface area (Å²) in [5.74, 6) is -1.41. The largest absolute Gasteiger partial charge is 0.478 e. The van der Waals surface area contributed by atoms with Gasteiger partial charge in [-0.25, -0.2) is 4.79 Å². The number of aromatic carboxylic acids is 1. The lowest BCUT2D eigenvalue weighted by atomic mass is 9.97. The van der Waals surface area contributed by atoms with Crippen LogP contribution in [0.3, 0.4) is 0 Å². The number of carboxylic acid groups (broad SMARTS) is 1. The van der Waals surface area contributed by atoms with E-state index in [4.69, 9.17) is 5.73 Å². The second kappa shape index (κ2) is 7.41. The number of nitrogens with two attached hydrogens (primary N) is 1. The van der Waals surface area contributed by atoms with Crippen molar-refractivity contribution in [3.8, 4) is 11.3 Å². The zero-order chi connectivity index (χ0) is 19.6. The highest BCUT2D eigenvalue weighted by Crippen LogP contribution is 2.24. The summed E-state index contributed by atoms with van der Waals surface area (Å²) in [6.07, 6.45) is 2.22. The van der Waals surface area contributed by atoms with Crippen molar-refractivity contribution in [2.75, 3.05) is 0 Å². The molecule has 0 spiro atoms. The van der Waals surface area contributed by atoms with E-state index in [1.54, 1.807) is 30.5 Å². The summed E-state index contributed by atoms with van der Waals surface area (Å²) in [6.45, 7) is 3.81. The first kappa shape index (κ1) is 18.3. The van der Waals surface area contributed by atoms with Crippen LogP contribution < -0.4 is 5.73 Å². The van der Waals surface area contributed by atoms with Crippen molar-refractivity contribution < 1.29 is 14.7 Å². The fraction of sp³-hybridized carbons (Fsp3) is 0.136. The minimum absolute atomic E-state index is 0.311. The maximum absolute atomic E-state index is 11.5. The van der Waals surface area contributed by atoms with Gasteiger partial charge in [-0.15, -0.1) is 0 Å². The fourth-order valence-electron chi connectivity index (χ4n) is 3.12. The quantitative estimate of drug-likeness (QED) is 0.724. The number of hydrogen-bond donors (Lipinski definition) is 2. The molecule has 0 bridgehead atoms. The van der Waals surface area contributed by atoms with Crippen LogP contribution in [0.25, 0.3) is 11.3 Å². The molecule has 3 aromatic rings. The molecule has 0 radical (unpaired) electrons. The Morgan fingerprint density at radius 2 is 1.85 bits per heavy atom.